The summed E-state index contributed by atoms with van der Waals surface area (Å²) in [4.78, 5) is 23.9. The lowest BCUT2D eigenvalue weighted by Crippen LogP contribution is -2.46. The average Bonchev–Trinajstić information content (AvgIpc) is 2.48. The van der Waals surface area contributed by atoms with Gasteiger partial charge in [0, 0.05) is 17.5 Å². The Hall–Kier alpha value is -2.51. The van der Waals surface area contributed by atoms with Crippen molar-refractivity contribution in [2.45, 2.75) is 33.1 Å². The Bertz CT molecular complexity index is 697. The van der Waals surface area contributed by atoms with E-state index in [-0.39, 0.29) is 12.2 Å². The van der Waals surface area contributed by atoms with Crippen LogP contribution in [0.1, 0.15) is 26.7 Å². The van der Waals surface area contributed by atoms with Gasteiger partial charge in [-0.3, -0.25) is 9.59 Å². The van der Waals surface area contributed by atoms with Gasteiger partial charge in [0.05, 0.1) is 0 Å². The van der Waals surface area contributed by atoms with Gasteiger partial charge in [-0.1, -0.05) is 13.8 Å². The highest BCUT2D eigenvalue weighted by Gasteiger charge is 2.50. The lowest BCUT2D eigenvalue weighted by Gasteiger charge is -2.36. The normalized spacial score (nSPS) is 23.8. The van der Waals surface area contributed by atoms with E-state index in [0.29, 0.717) is 17.8 Å². The van der Waals surface area contributed by atoms with Crippen molar-refractivity contribution >= 4 is 17.4 Å². The van der Waals surface area contributed by atoms with Gasteiger partial charge in [-0.25, -0.2) is 0 Å². The Morgan fingerprint density at radius 1 is 1.36 bits per heavy atom. The molecule has 1 aliphatic carbocycles. The third-order valence-electron chi connectivity index (χ3n) is 4.44. The van der Waals surface area contributed by atoms with Gasteiger partial charge < -0.3 is 15.2 Å². The number of ether oxygens (including phenoxy) is 1. The fourth-order valence-corrected chi connectivity index (χ4v) is 3.10. The molecule has 2 rings (SSSR count). The number of hydrogen-bond acceptors (Lipinski definition) is 4. The number of carboxylic acid groups (broad SMARTS) is 1. The van der Waals surface area contributed by atoms with Crippen molar-refractivity contribution < 1.29 is 32.6 Å². The average molecular weight is 357 g/mol. The predicted molar refractivity (Wildman–Crippen MR) is 84.0 cm³/mol. The van der Waals surface area contributed by atoms with Gasteiger partial charge in [-0.05, 0) is 43.0 Å². The Balaban J connectivity index is 2.15. The molecule has 0 bridgehead atoms. The van der Waals surface area contributed by atoms with E-state index in [2.05, 4.69) is 10.1 Å². The van der Waals surface area contributed by atoms with Crippen LogP contribution in [0.5, 0.6) is 5.75 Å². The number of nitrogens with one attached hydrogen (secondary N) is 1. The molecular weight excluding hydrogens is 339 g/mol. The zero-order valence-corrected chi connectivity index (χ0v) is 13.7. The van der Waals surface area contributed by atoms with Crippen LogP contribution in [-0.2, 0) is 9.59 Å². The first kappa shape index (κ1) is 18.8. The molecular formula is C17H18F3NO4. The maximum absolute atomic E-state index is 12.4. The van der Waals surface area contributed by atoms with Crippen molar-refractivity contribution in [2.75, 3.05) is 5.32 Å². The quantitative estimate of drug-likeness (QED) is 0.780. The number of carbonyl (C=O) groups is 2. The molecule has 0 amide bonds. The predicted octanol–water partition coefficient (Wildman–Crippen LogP) is 3.97. The third-order valence-corrected chi connectivity index (χ3v) is 4.44. The van der Waals surface area contributed by atoms with Gasteiger partial charge >= 0.3 is 12.3 Å². The van der Waals surface area contributed by atoms with E-state index in [0.717, 1.165) is 12.1 Å². The number of allylic oxidation sites excluding steroid dienone is 2. The summed E-state index contributed by atoms with van der Waals surface area (Å²) in [6.45, 7) is 3.36. The summed E-state index contributed by atoms with van der Waals surface area (Å²) in [5.74, 6) is -2.39. The molecule has 2 atom stereocenters. The highest BCUT2D eigenvalue weighted by molar-refractivity contribution is 6.10. The second-order valence-corrected chi connectivity index (χ2v) is 5.97. The van der Waals surface area contributed by atoms with Crippen LogP contribution in [0.3, 0.4) is 0 Å². The molecule has 0 aromatic heterocycles. The summed E-state index contributed by atoms with van der Waals surface area (Å²) < 4.78 is 40.2. The fourth-order valence-electron chi connectivity index (χ4n) is 3.10. The monoisotopic (exact) mass is 357 g/mol. The first-order chi connectivity index (χ1) is 11.6. The maximum Gasteiger partial charge on any atom is 0.573 e. The van der Waals surface area contributed by atoms with Gasteiger partial charge in [0.25, 0.3) is 0 Å². The van der Waals surface area contributed by atoms with Crippen molar-refractivity contribution in [3.8, 4) is 5.75 Å². The van der Waals surface area contributed by atoms with Gasteiger partial charge in [-0.15, -0.1) is 13.2 Å². The minimum absolute atomic E-state index is 0.190. The van der Waals surface area contributed by atoms with Gasteiger partial charge in [0.15, 0.2) is 5.78 Å². The maximum atomic E-state index is 12.4. The van der Waals surface area contributed by atoms with E-state index in [1.165, 1.54) is 18.2 Å². The summed E-state index contributed by atoms with van der Waals surface area (Å²) in [5, 5.41) is 12.4. The second kappa shape index (κ2) is 6.78. The van der Waals surface area contributed by atoms with E-state index < -0.39 is 29.4 Å². The van der Waals surface area contributed by atoms with Crippen LogP contribution < -0.4 is 10.1 Å². The molecule has 0 spiro atoms. The molecule has 2 unspecified atom stereocenters. The lowest BCUT2D eigenvalue weighted by molar-refractivity contribution is -0.274. The van der Waals surface area contributed by atoms with Crippen LogP contribution in [0.25, 0.3) is 0 Å². The highest BCUT2D eigenvalue weighted by atomic mass is 19.4. The third kappa shape index (κ3) is 3.94. The number of benzene rings is 1. The standard InChI is InChI=1S/C17H18F3NO4/c1-3-16(15(23)24)10(2)8-12(9-14(16)22)21-11-4-6-13(7-5-11)25-17(18,19)20/h4-7,9-10,21H,3,8H2,1-2H3,(H,23,24). The van der Waals surface area contributed by atoms with E-state index in [9.17, 15) is 27.9 Å². The SMILES string of the molecule is CCC1(C(=O)O)C(=O)C=C(Nc2ccc(OC(F)(F)F)cc2)CC1C. The van der Waals surface area contributed by atoms with Crippen LogP contribution in [0.2, 0.25) is 0 Å². The topological polar surface area (TPSA) is 75.6 Å². The number of carboxylic acids is 1. The molecule has 5 nitrogen and oxygen atoms in total. The van der Waals surface area contributed by atoms with Crippen LogP contribution in [0, 0.1) is 11.3 Å². The molecule has 1 aliphatic rings. The number of alkyl halides is 3. The van der Waals surface area contributed by atoms with Crippen LogP contribution in [0.15, 0.2) is 36.0 Å². The van der Waals surface area contributed by atoms with Gasteiger partial charge in [-0.2, -0.15) is 0 Å². The van der Waals surface area contributed by atoms with Gasteiger partial charge in [0.2, 0.25) is 0 Å². The van der Waals surface area contributed by atoms with E-state index in [4.69, 9.17) is 0 Å². The number of ketones is 1. The minimum atomic E-state index is -4.76. The van der Waals surface area contributed by atoms with Crippen molar-refractivity contribution in [3.63, 3.8) is 0 Å². The fraction of sp³-hybridized carbons (Fsp3) is 0.412. The van der Waals surface area contributed by atoms with Crippen LogP contribution in [-0.4, -0.2) is 23.2 Å². The molecule has 2 N–H and O–H groups in total. The molecule has 25 heavy (non-hydrogen) atoms. The molecule has 1 aromatic rings. The zero-order valence-electron chi connectivity index (χ0n) is 13.7. The largest absolute Gasteiger partial charge is 0.573 e. The number of rotatable bonds is 5. The number of carbonyl (C=O) groups excluding carboxylic acids is 1. The van der Waals surface area contributed by atoms with Crippen molar-refractivity contribution in [1.29, 1.82) is 0 Å². The second-order valence-electron chi connectivity index (χ2n) is 5.97. The lowest BCUT2D eigenvalue weighted by atomic mass is 9.66. The Kier molecular flexibility index (Phi) is 5.10. The molecule has 0 aliphatic heterocycles. The molecule has 0 saturated carbocycles. The van der Waals surface area contributed by atoms with Crippen molar-refractivity contribution in [1.82, 2.24) is 0 Å². The Morgan fingerprint density at radius 3 is 2.40 bits per heavy atom. The zero-order chi connectivity index (χ0) is 18.8. The van der Waals surface area contributed by atoms with E-state index >= 15 is 0 Å². The van der Waals surface area contributed by atoms with E-state index in [1.54, 1.807) is 13.8 Å². The summed E-state index contributed by atoms with van der Waals surface area (Å²) in [5.41, 5.74) is -0.442. The summed E-state index contributed by atoms with van der Waals surface area (Å²) in [6, 6.07) is 5.07. The first-order valence-electron chi connectivity index (χ1n) is 7.69. The smallest absolute Gasteiger partial charge is 0.480 e. The molecule has 0 saturated heterocycles. The Labute approximate surface area is 142 Å². The minimum Gasteiger partial charge on any atom is -0.480 e. The Morgan fingerprint density at radius 2 is 1.96 bits per heavy atom. The van der Waals surface area contributed by atoms with Gasteiger partial charge in [0.1, 0.15) is 11.2 Å². The molecule has 0 radical (unpaired) electrons. The van der Waals surface area contributed by atoms with E-state index in [1.807, 2.05) is 0 Å². The molecule has 0 heterocycles. The molecule has 0 fully saturated rings. The summed E-state index contributed by atoms with van der Waals surface area (Å²) in [6.07, 6.45) is -2.97. The van der Waals surface area contributed by atoms with Crippen molar-refractivity contribution in [3.05, 3.63) is 36.0 Å². The number of hydrogen-bond donors (Lipinski definition) is 2. The molecule has 1 aromatic carbocycles. The number of anilines is 1. The van der Waals surface area contributed by atoms with Crippen molar-refractivity contribution in [2.24, 2.45) is 11.3 Å². The van der Waals surface area contributed by atoms with Crippen LogP contribution >= 0.6 is 0 Å². The summed E-state index contributed by atoms with van der Waals surface area (Å²) >= 11 is 0. The first-order valence-corrected chi connectivity index (χ1v) is 7.69. The molecule has 8 heteroatoms. The molecule has 136 valence electrons. The highest BCUT2D eigenvalue weighted by Crippen LogP contribution is 2.41. The number of halogens is 3. The number of aliphatic carboxylic acids is 1. The summed E-state index contributed by atoms with van der Waals surface area (Å²) in [7, 11) is 0. The van der Waals surface area contributed by atoms with Crippen LogP contribution in [0.4, 0.5) is 18.9 Å².